The second-order valence-electron chi connectivity index (χ2n) is 5.21. The van der Waals surface area contributed by atoms with Gasteiger partial charge in [0.1, 0.15) is 12.0 Å². The van der Waals surface area contributed by atoms with E-state index in [1.807, 2.05) is 6.07 Å². The topological polar surface area (TPSA) is 70.8 Å². The highest BCUT2D eigenvalue weighted by Crippen LogP contribution is 2.22. The summed E-state index contributed by atoms with van der Waals surface area (Å²) in [7, 11) is 0. The molecular weight excluding hydrogens is 270 g/mol. The minimum atomic E-state index is -0.952. The maximum absolute atomic E-state index is 12.4. The summed E-state index contributed by atoms with van der Waals surface area (Å²) in [5, 5.41) is 9.05. The van der Waals surface area contributed by atoms with Crippen molar-refractivity contribution < 1.29 is 19.1 Å². The van der Waals surface area contributed by atoms with Crippen molar-refractivity contribution in [2.45, 2.75) is 19.9 Å². The van der Waals surface area contributed by atoms with Gasteiger partial charge in [0.05, 0.1) is 11.1 Å². The molecule has 0 bridgehead atoms. The van der Waals surface area contributed by atoms with Crippen LogP contribution >= 0.6 is 0 Å². The number of furan rings is 1. The number of benzene rings is 1. The van der Waals surface area contributed by atoms with Gasteiger partial charge in [-0.15, -0.1) is 0 Å². The van der Waals surface area contributed by atoms with E-state index in [4.69, 9.17) is 9.52 Å². The third kappa shape index (κ3) is 2.54. The molecule has 1 aliphatic heterocycles. The summed E-state index contributed by atoms with van der Waals surface area (Å²) >= 11 is 0. The largest absolute Gasteiger partial charge is 0.478 e. The number of fused-ring (bicyclic) bond motifs is 1. The van der Waals surface area contributed by atoms with Crippen LogP contribution in [0.1, 0.15) is 37.6 Å². The van der Waals surface area contributed by atoms with Crippen molar-refractivity contribution >= 4 is 11.9 Å². The van der Waals surface area contributed by atoms with E-state index in [1.165, 1.54) is 6.26 Å². The van der Waals surface area contributed by atoms with Gasteiger partial charge < -0.3 is 14.4 Å². The number of carbonyl (C=O) groups excluding carboxylic acids is 1. The molecule has 5 nitrogen and oxygen atoms in total. The summed E-state index contributed by atoms with van der Waals surface area (Å²) in [5.74, 6) is -0.339. The molecule has 3 rings (SSSR count). The van der Waals surface area contributed by atoms with Crippen molar-refractivity contribution in [3.63, 3.8) is 0 Å². The number of amides is 1. The molecule has 0 spiro atoms. The van der Waals surface area contributed by atoms with Gasteiger partial charge in [-0.3, -0.25) is 4.79 Å². The maximum Gasteiger partial charge on any atom is 0.335 e. The van der Waals surface area contributed by atoms with Gasteiger partial charge in [-0.2, -0.15) is 0 Å². The van der Waals surface area contributed by atoms with Gasteiger partial charge in [-0.25, -0.2) is 4.79 Å². The Balaban J connectivity index is 1.84. The zero-order valence-corrected chi connectivity index (χ0v) is 11.6. The molecule has 5 heteroatoms. The number of carbonyl (C=O) groups is 2. The molecule has 1 aromatic carbocycles. The summed E-state index contributed by atoms with van der Waals surface area (Å²) in [6, 6.07) is 6.81. The number of nitrogens with zero attached hydrogens (tertiary/aromatic N) is 1. The van der Waals surface area contributed by atoms with E-state index >= 15 is 0 Å². The minimum absolute atomic E-state index is 0.0850. The second kappa shape index (κ2) is 5.09. The SMILES string of the molecule is Cc1cc(C(=O)N2CCc3ccc(C(=O)O)cc3C2)co1. The van der Waals surface area contributed by atoms with Crippen molar-refractivity contribution in [1.29, 1.82) is 0 Å². The predicted octanol–water partition coefficient (Wildman–Crippen LogP) is 2.48. The number of aromatic carboxylic acids is 1. The number of aryl methyl sites for hydroxylation is 1. The molecule has 1 amide bonds. The highest BCUT2D eigenvalue weighted by Gasteiger charge is 2.23. The second-order valence-corrected chi connectivity index (χ2v) is 5.21. The van der Waals surface area contributed by atoms with Gasteiger partial charge in [-0.1, -0.05) is 6.07 Å². The molecule has 0 radical (unpaired) electrons. The lowest BCUT2D eigenvalue weighted by atomic mass is 9.97. The standard InChI is InChI=1S/C16H15NO4/c1-10-6-14(9-21-10)15(18)17-5-4-11-2-3-12(16(19)20)7-13(11)8-17/h2-3,6-7,9H,4-5,8H2,1H3,(H,19,20). The fraction of sp³-hybridized carbons (Fsp3) is 0.250. The zero-order valence-electron chi connectivity index (χ0n) is 11.6. The fourth-order valence-corrected chi connectivity index (χ4v) is 2.60. The summed E-state index contributed by atoms with van der Waals surface area (Å²) in [6.07, 6.45) is 2.19. The van der Waals surface area contributed by atoms with Gasteiger partial charge >= 0.3 is 5.97 Å². The van der Waals surface area contributed by atoms with Crippen LogP contribution in [0.5, 0.6) is 0 Å². The molecule has 0 saturated heterocycles. The first kappa shape index (κ1) is 13.4. The first-order valence-corrected chi connectivity index (χ1v) is 6.74. The molecule has 1 N–H and O–H groups in total. The Labute approximate surface area is 121 Å². The smallest absolute Gasteiger partial charge is 0.335 e. The van der Waals surface area contributed by atoms with Crippen molar-refractivity contribution in [3.05, 3.63) is 58.5 Å². The highest BCUT2D eigenvalue weighted by atomic mass is 16.4. The van der Waals surface area contributed by atoms with Gasteiger partial charge in [0.15, 0.2) is 0 Å². The monoisotopic (exact) mass is 285 g/mol. The van der Waals surface area contributed by atoms with Crippen LogP contribution in [-0.4, -0.2) is 28.4 Å². The number of hydrogen-bond acceptors (Lipinski definition) is 3. The van der Waals surface area contributed by atoms with E-state index < -0.39 is 5.97 Å². The summed E-state index contributed by atoms with van der Waals surface area (Å²) in [5.41, 5.74) is 2.79. The van der Waals surface area contributed by atoms with E-state index in [2.05, 4.69) is 0 Å². The van der Waals surface area contributed by atoms with Crippen LogP contribution in [0.3, 0.4) is 0 Å². The van der Waals surface area contributed by atoms with Crippen LogP contribution in [0.15, 0.2) is 34.9 Å². The summed E-state index contributed by atoms with van der Waals surface area (Å²) in [6.45, 7) is 2.85. The highest BCUT2D eigenvalue weighted by molar-refractivity contribution is 5.94. The lowest BCUT2D eigenvalue weighted by Crippen LogP contribution is -2.35. The molecular formula is C16H15NO4. The molecule has 0 fully saturated rings. The van der Waals surface area contributed by atoms with Gasteiger partial charge in [0.25, 0.3) is 5.91 Å². The van der Waals surface area contributed by atoms with Crippen LogP contribution in [0.25, 0.3) is 0 Å². The Morgan fingerprint density at radius 1 is 1.19 bits per heavy atom. The van der Waals surface area contributed by atoms with Gasteiger partial charge in [0, 0.05) is 13.1 Å². The van der Waals surface area contributed by atoms with Crippen molar-refractivity contribution in [2.24, 2.45) is 0 Å². The van der Waals surface area contributed by atoms with Crippen LogP contribution in [0.2, 0.25) is 0 Å². The molecule has 1 aromatic heterocycles. The summed E-state index contributed by atoms with van der Waals surface area (Å²) in [4.78, 5) is 25.1. The Hall–Kier alpha value is -2.56. The molecule has 2 aromatic rings. The number of hydrogen-bond donors (Lipinski definition) is 1. The predicted molar refractivity (Wildman–Crippen MR) is 75.3 cm³/mol. The molecule has 21 heavy (non-hydrogen) atoms. The molecule has 1 aliphatic rings. The van der Waals surface area contributed by atoms with Crippen molar-refractivity contribution in [1.82, 2.24) is 4.90 Å². The van der Waals surface area contributed by atoms with Crippen molar-refractivity contribution in [2.75, 3.05) is 6.54 Å². The normalized spacial score (nSPS) is 13.9. The minimum Gasteiger partial charge on any atom is -0.478 e. The lowest BCUT2D eigenvalue weighted by Gasteiger charge is -2.28. The van der Waals surface area contributed by atoms with Crippen LogP contribution in [0, 0.1) is 6.92 Å². The molecule has 2 heterocycles. The molecule has 108 valence electrons. The van der Waals surface area contributed by atoms with E-state index in [0.717, 1.165) is 17.5 Å². The third-order valence-electron chi connectivity index (χ3n) is 3.73. The van der Waals surface area contributed by atoms with E-state index in [1.54, 1.807) is 30.0 Å². The average molecular weight is 285 g/mol. The van der Waals surface area contributed by atoms with Crippen LogP contribution < -0.4 is 0 Å². The first-order valence-electron chi connectivity index (χ1n) is 6.74. The van der Waals surface area contributed by atoms with E-state index in [9.17, 15) is 9.59 Å². The molecule has 0 saturated carbocycles. The zero-order chi connectivity index (χ0) is 15.0. The maximum atomic E-state index is 12.4. The number of carboxylic acid groups (broad SMARTS) is 1. The molecule has 0 aliphatic carbocycles. The Kier molecular flexibility index (Phi) is 3.25. The third-order valence-corrected chi connectivity index (χ3v) is 3.73. The van der Waals surface area contributed by atoms with Gasteiger partial charge in [0.2, 0.25) is 0 Å². The fourth-order valence-electron chi connectivity index (χ4n) is 2.60. The van der Waals surface area contributed by atoms with E-state index in [-0.39, 0.29) is 11.5 Å². The van der Waals surface area contributed by atoms with Gasteiger partial charge in [-0.05, 0) is 42.7 Å². The number of carboxylic acids is 1. The summed E-state index contributed by atoms with van der Waals surface area (Å²) < 4.78 is 5.17. The Bertz CT molecular complexity index is 717. The number of rotatable bonds is 2. The average Bonchev–Trinajstić information content (AvgIpc) is 2.91. The molecule has 0 unspecified atom stereocenters. The van der Waals surface area contributed by atoms with Crippen LogP contribution in [0.4, 0.5) is 0 Å². The van der Waals surface area contributed by atoms with Crippen molar-refractivity contribution in [3.8, 4) is 0 Å². The van der Waals surface area contributed by atoms with Crippen LogP contribution in [-0.2, 0) is 13.0 Å². The Morgan fingerprint density at radius 2 is 2.00 bits per heavy atom. The Morgan fingerprint density at radius 3 is 2.67 bits per heavy atom. The quantitative estimate of drug-likeness (QED) is 0.920. The first-order chi connectivity index (χ1) is 10.0. The lowest BCUT2D eigenvalue weighted by molar-refractivity contribution is 0.0696. The molecule has 0 atom stereocenters. The van der Waals surface area contributed by atoms with E-state index in [0.29, 0.717) is 24.4 Å².